The summed E-state index contributed by atoms with van der Waals surface area (Å²) in [5.74, 6) is -0.250. The number of nitrogens with zero attached hydrogens (tertiary/aromatic N) is 3. The van der Waals surface area contributed by atoms with Crippen molar-refractivity contribution in [3.63, 3.8) is 0 Å². The number of sulfonamides is 1. The minimum absolute atomic E-state index is 0.125. The van der Waals surface area contributed by atoms with Crippen molar-refractivity contribution in [1.29, 1.82) is 5.26 Å². The van der Waals surface area contributed by atoms with Crippen molar-refractivity contribution in [3.05, 3.63) is 51.7 Å². The van der Waals surface area contributed by atoms with Gasteiger partial charge in [-0.2, -0.15) is 9.98 Å². The first kappa shape index (κ1) is 19.1. The van der Waals surface area contributed by atoms with Gasteiger partial charge in [0.2, 0.25) is 10.0 Å². The van der Waals surface area contributed by atoms with Gasteiger partial charge in [-0.3, -0.25) is 13.9 Å². The van der Waals surface area contributed by atoms with Crippen molar-refractivity contribution in [2.75, 3.05) is 0 Å². The highest BCUT2D eigenvalue weighted by molar-refractivity contribution is 7.89. The minimum atomic E-state index is -4.02. The quantitative estimate of drug-likeness (QED) is 0.740. The van der Waals surface area contributed by atoms with E-state index in [1.807, 2.05) is 6.07 Å². The van der Waals surface area contributed by atoms with Crippen LogP contribution in [0.4, 0.5) is 0 Å². The van der Waals surface area contributed by atoms with E-state index in [1.54, 1.807) is 19.9 Å². The van der Waals surface area contributed by atoms with Gasteiger partial charge in [0, 0.05) is 19.0 Å². The maximum absolute atomic E-state index is 12.8. The molecule has 1 aliphatic rings. The molecule has 142 valence electrons. The lowest BCUT2D eigenvalue weighted by Crippen LogP contribution is -2.40. The molecular formula is C18H20N4O4S. The van der Waals surface area contributed by atoms with Crippen LogP contribution in [0.5, 0.6) is 0 Å². The number of hydrogen-bond acceptors (Lipinski definition) is 5. The van der Waals surface area contributed by atoms with E-state index in [9.17, 15) is 23.3 Å². The summed E-state index contributed by atoms with van der Waals surface area (Å²) in [4.78, 5) is 24.9. The van der Waals surface area contributed by atoms with Gasteiger partial charge in [-0.25, -0.2) is 13.2 Å². The molecule has 3 rings (SSSR count). The molecule has 2 atom stereocenters. The molecule has 0 unspecified atom stereocenters. The Morgan fingerprint density at radius 3 is 2.52 bits per heavy atom. The second-order valence-corrected chi connectivity index (χ2v) is 8.17. The molecule has 1 saturated carbocycles. The summed E-state index contributed by atoms with van der Waals surface area (Å²) in [6.07, 6.45) is 1.91. The molecule has 0 radical (unpaired) electrons. The predicted octanol–water partition coefficient (Wildman–Crippen LogP) is 0.950. The molecule has 0 bridgehead atoms. The van der Waals surface area contributed by atoms with Crippen LogP contribution in [0, 0.1) is 17.2 Å². The Bertz CT molecular complexity index is 1200. The Balaban J connectivity index is 2.17. The number of nitriles is 1. The second kappa shape index (κ2) is 6.48. The Labute approximate surface area is 156 Å². The standard InChI is InChI=1S/C18H20N4O4S/c1-4-12-10-18(12,11-19)20-27(25,26)13-7-8-15-14(9-13)16(23)22(6-3)17(24)21(15)5-2/h4,7-9,12,20H,1,5-6,10H2,2-3H3/t12-,18-/m1/s1. The van der Waals surface area contributed by atoms with Gasteiger partial charge < -0.3 is 0 Å². The average molecular weight is 388 g/mol. The van der Waals surface area contributed by atoms with Crippen LogP contribution in [0.2, 0.25) is 0 Å². The molecule has 1 heterocycles. The topological polar surface area (TPSA) is 114 Å². The molecule has 9 heteroatoms. The number of benzene rings is 1. The lowest BCUT2D eigenvalue weighted by molar-refractivity contribution is 0.567. The van der Waals surface area contributed by atoms with Crippen molar-refractivity contribution in [3.8, 4) is 6.07 Å². The van der Waals surface area contributed by atoms with Crippen LogP contribution in [0.1, 0.15) is 20.3 Å². The monoisotopic (exact) mass is 388 g/mol. The second-order valence-electron chi connectivity index (χ2n) is 6.49. The zero-order valence-electron chi connectivity index (χ0n) is 15.1. The Morgan fingerprint density at radius 2 is 2.00 bits per heavy atom. The van der Waals surface area contributed by atoms with Crippen LogP contribution in [-0.2, 0) is 23.1 Å². The summed E-state index contributed by atoms with van der Waals surface area (Å²) in [5, 5.41) is 9.48. The molecular weight excluding hydrogens is 368 g/mol. The molecule has 1 aliphatic carbocycles. The maximum Gasteiger partial charge on any atom is 0.331 e. The van der Waals surface area contributed by atoms with Gasteiger partial charge in [-0.15, -0.1) is 6.58 Å². The Morgan fingerprint density at radius 1 is 1.33 bits per heavy atom. The first-order valence-electron chi connectivity index (χ1n) is 8.59. The first-order chi connectivity index (χ1) is 12.7. The Hall–Kier alpha value is -2.70. The average Bonchev–Trinajstić information content (AvgIpc) is 3.35. The van der Waals surface area contributed by atoms with Gasteiger partial charge in [-0.1, -0.05) is 6.08 Å². The summed E-state index contributed by atoms with van der Waals surface area (Å²) in [6, 6.07) is 6.04. The van der Waals surface area contributed by atoms with Crippen molar-refractivity contribution in [2.24, 2.45) is 5.92 Å². The van der Waals surface area contributed by atoms with Crippen LogP contribution in [-0.4, -0.2) is 23.1 Å². The highest BCUT2D eigenvalue weighted by Crippen LogP contribution is 2.44. The lowest BCUT2D eigenvalue weighted by Gasteiger charge is -2.14. The molecule has 1 aromatic heterocycles. The molecule has 0 saturated heterocycles. The molecule has 1 fully saturated rings. The fraction of sp³-hybridized carbons (Fsp3) is 0.389. The van der Waals surface area contributed by atoms with Gasteiger partial charge in [0.05, 0.1) is 21.9 Å². The van der Waals surface area contributed by atoms with E-state index in [2.05, 4.69) is 11.3 Å². The fourth-order valence-corrected chi connectivity index (χ4v) is 4.69. The summed E-state index contributed by atoms with van der Waals surface area (Å²) in [6.45, 7) is 7.58. The molecule has 0 aliphatic heterocycles. The van der Waals surface area contributed by atoms with Gasteiger partial charge in [0.15, 0.2) is 0 Å². The van der Waals surface area contributed by atoms with Crippen LogP contribution >= 0.6 is 0 Å². The third-order valence-corrected chi connectivity index (χ3v) is 6.46. The SMILES string of the molecule is C=C[C@@H]1C[C@]1(C#N)NS(=O)(=O)c1ccc2c(c1)c(=O)n(CC)c(=O)n2CC. The van der Waals surface area contributed by atoms with Crippen molar-refractivity contribution in [1.82, 2.24) is 13.9 Å². The normalized spacial score (nSPS) is 21.7. The first-order valence-corrected chi connectivity index (χ1v) is 10.1. The van der Waals surface area contributed by atoms with E-state index in [4.69, 9.17) is 0 Å². The molecule has 27 heavy (non-hydrogen) atoms. The zero-order chi connectivity index (χ0) is 20.0. The molecule has 2 aromatic rings. The fourth-order valence-electron chi connectivity index (χ4n) is 3.29. The molecule has 1 N–H and O–H groups in total. The van der Waals surface area contributed by atoms with E-state index < -0.39 is 26.8 Å². The molecule has 0 amide bonds. The van der Waals surface area contributed by atoms with E-state index in [0.717, 1.165) is 4.57 Å². The number of aromatic nitrogens is 2. The number of nitrogens with one attached hydrogen (secondary N) is 1. The van der Waals surface area contributed by atoms with Gasteiger partial charge >= 0.3 is 5.69 Å². The lowest BCUT2D eigenvalue weighted by atomic mass is 10.2. The van der Waals surface area contributed by atoms with Crippen molar-refractivity contribution < 1.29 is 8.42 Å². The van der Waals surface area contributed by atoms with Gasteiger partial charge in [0.25, 0.3) is 5.56 Å². The third kappa shape index (κ3) is 2.91. The summed E-state index contributed by atoms with van der Waals surface area (Å²) >= 11 is 0. The highest BCUT2D eigenvalue weighted by atomic mass is 32.2. The molecule has 1 aromatic carbocycles. The summed E-state index contributed by atoms with van der Waals surface area (Å²) < 4.78 is 30.5. The van der Waals surface area contributed by atoms with E-state index >= 15 is 0 Å². The van der Waals surface area contributed by atoms with Crippen LogP contribution < -0.4 is 16.0 Å². The van der Waals surface area contributed by atoms with Crippen LogP contribution in [0.25, 0.3) is 10.9 Å². The highest BCUT2D eigenvalue weighted by Gasteiger charge is 2.55. The maximum atomic E-state index is 12.8. The smallest absolute Gasteiger partial charge is 0.293 e. The predicted molar refractivity (Wildman–Crippen MR) is 101 cm³/mol. The van der Waals surface area contributed by atoms with Crippen molar-refractivity contribution >= 4 is 20.9 Å². The van der Waals surface area contributed by atoms with E-state index in [0.29, 0.717) is 18.5 Å². The largest absolute Gasteiger partial charge is 0.331 e. The van der Waals surface area contributed by atoms with Gasteiger partial charge in [-0.05, 0) is 38.5 Å². The van der Waals surface area contributed by atoms with Crippen molar-refractivity contribution in [2.45, 2.75) is 43.8 Å². The summed E-state index contributed by atoms with van der Waals surface area (Å²) in [5.41, 5.74) is -1.78. The Kier molecular flexibility index (Phi) is 4.57. The number of rotatable bonds is 6. The van der Waals surface area contributed by atoms with Crippen LogP contribution in [0.3, 0.4) is 0 Å². The molecule has 8 nitrogen and oxygen atoms in total. The van der Waals surface area contributed by atoms with Crippen LogP contribution in [0.15, 0.2) is 45.3 Å². The number of fused-ring (bicyclic) bond motifs is 1. The third-order valence-electron chi connectivity index (χ3n) is 4.95. The van der Waals surface area contributed by atoms with E-state index in [-0.39, 0.29) is 22.7 Å². The number of hydrogen-bond donors (Lipinski definition) is 1. The minimum Gasteiger partial charge on any atom is -0.293 e. The number of aryl methyl sites for hydroxylation is 1. The zero-order valence-corrected chi connectivity index (χ0v) is 15.9. The molecule has 0 spiro atoms. The van der Waals surface area contributed by atoms with E-state index in [1.165, 1.54) is 22.8 Å². The summed E-state index contributed by atoms with van der Waals surface area (Å²) in [7, 11) is -4.02. The van der Waals surface area contributed by atoms with Gasteiger partial charge in [0.1, 0.15) is 5.54 Å².